The molecule has 1 heterocycles. The number of aromatic nitrogens is 1. The number of nitrogens with one attached hydrogen (secondary N) is 1. The number of aliphatic hydroxyl groups is 2. The van der Waals surface area contributed by atoms with Crippen LogP contribution in [0.3, 0.4) is 0 Å². The monoisotopic (exact) mass is 244 g/mol. The molecular formula is C11H20N2O4. The second-order valence-corrected chi connectivity index (χ2v) is 2.93. The van der Waals surface area contributed by atoms with Gasteiger partial charge in [0.2, 0.25) is 0 Å². The third-order valence-electron chi connectivity index (χ3n) is 1.90. The molecule has 98 valence electrons. The molecule has 0 bridgehead atoms. The first-order valence-electron chi connectivity index (χ1n) is 5.17. The maximum atomic E-state index is 8.96. The van der Waals surface area contributed by atoms with Crippen molar-refractivity contribution in [3.8, 4) is 11.5 Å². The van der Waals surface area contributed by atoms with Gasteiger partial charge in [-0.05, 0) is 7.05 Å². The van der Waals surface area contributed by atoms with Gasteiger partial charge < -0.3 is 25.0 Å². The average molecular weight is 244 g/mol. The van der Waals surface area contributed by atoms with E-state index >= 15 is 0 Å². The second kappa shape index (κ2) is 9.83. The fourth-order valence-electron chi connectivity index (χ4n) is 1.10. The van der Waals surface area contributed by atoms with Gasteiger partial charge in [0.05, 0.1) is 19.9 Å². The molecule has 0 amide bonds. The van der Waals surface area contributed by atoms with Gasteiger partial charge in [-0.3, -0.25) is 4.98 Å². The third-order valence-corrected chi connectivity index (χ3v) is 1.90. The van der Waals surface area contributed by atoms with Gasteiger partial charge in [-0.25, -0.2) is 0 Å². The molecule has 0 unspecified atom stereocenters. The molecule has 0 aliphatic rings. The third kappa shape index (κ3) is 5.48. The number of aliphatic hydroxyl groups excluding tert-OH is 2. The normalized spacial score (nSPS) is 9.24. The summed E-state index contributed by atoms with van der Waals surface area (Å²) in [5.74, 6) is 1.18. The maximum Gasteiger partial charge on any atom is 0.146 e. The van der Waals surface area contributed by atoms with E-state index in [1.807, 2.05) is 7.05 Å². The predicted molar refractivity (Wildman–Crippen MR) is 64.3 cm³/mol. The Morgan fingerprint density at radius 3 is 2.65 bits per heavy atom. The van der Waals surface area contributed by atoms with Crippen molar-refractivity contribution in [2.45, 2.75) is 6.61 Å². The molecule has 0 aliphatic carbocycles. The lowest BCUT2D eigenvalue weighted by Gasteiger charge is -2.09. The van der Waals surface area contributed by atoms with E-state index in [1.54, 1.807) is 12.3 Å². The summed E-state index contributed by atoms with van der Waals surface area (Å²) in [4.78, 5) is 4.03. The van der Waals surface area contributed by atoms with E-state index in [1.165, 1.54) is 7.11 Å². The average Bonchev–Trinajstić information content (AvgIpc) is 2.41. The van der Waals surface area contributed by atoms with Crippen LogP contribution >= 0.6 is 0 Å². The SMILES string of the molecule is CNCCOc1cnc(CO)c(OC)c1.CO. The van der Waals surface area contributed by atoms with Crippen molar-refractivity contribution in [3.63, 3.8) is 0 Å². The van der Waals surface area contributed by atoms with Gasteiger partial charge in [-0.1, -0.05) is 0 Å². The largest absolute Gasteiger partial charge is 0.495 e. The second-order valence-electron chi connectivity index (χ2n) is 2.93. The van der Waals surface area contributed by atoms with Crippen molar-refractivity contribution < 1.29 is 19.7 Å². The van der Waals surface area contributed by atoms with Crippen molar-refractivity contribution >= 4 is 0 Å². The van der Waals surface area contributed by atoms with Gasteiger partial charge in [0.1, 0.15) is 23.8 Å². The minimum atomic E-state index is -0.139. The van der Waals surface area contributed by atoms with E-state index in [0.29, 0.717) is 23.8 Å². The minimum Gasteiger partial charge on any atom is -0.495 e. The van der Waals surface area contributed by atoms with Crippen LogP contribution in [0.15, 0.2) is 12.3 Å². The van der Waals surface area contributed by atoms with Crippen LogP contribution in [0.5, 0.6) is 11.5 Å². The first kappa shape index (κ1) is 15.6. The molecule has 1 aromatic heterocycles. The number of ether oxygens (including phenoxy) is 2. The molecule has 0 aromatic carbocycles. The first-order chi connectivity index (χ1) is 8.31. The summed E-state index contributed by atoms with van der Waals surface area (Å²) in [5.41, 5.74) is 0.512. The summed E-state index contributed by atoms with van der Waals surface area (Å²) in [6.45, 7) is 1.20. The highest BCUT2D eigenvalue weighted by Gasteiger charge is 2.05. The summed E-state index contributed by atoms with van der Waals surface area (Å²) in [5, 5.41) is 18.9. The van der Waals surface area contributed by atoms with E-state index in [9.17, 15) is 0 Å². The van der Waals surface area contributed by atoms with Crippen molar-refractivity contribution in [1.29, 1.82) is 0 Å². The quantitative estimate of drug-likeness (QED) is 0.600. The number of methoxy groups -OCH3 is 1. The smallest absolute Gasteiger partial charge is 0.146 e. The number of hydrogen-bond donors (Lipinski definition) is 3. The molecule has 0 atom stereocenters. The number of nitrogens with zero attached hydrogens (tertiary/aromatic N) is 1. The van der Waals surface area contributed by atoms with Gasteiger partial charge in [-0.15, -0.1) is 0 Å². The highest BCUT2D eigenvalue weighted by molar-refractivity contribution is 5.34. The zero-order valence-electron chi connectivity index (χ0n) is 10.4. The van der Waals surface area contributed by atoms with Gasteiger partial charge in [0.15, 0.2) is 0 Å². The molecule has 0 radical (unpaired) electrons. The molecular weight excluding hydrogens is 224 g/mol. The van der Waals surface area contributed by atoms with Crippen LogP contribution in [0.2, 0.25) is 0 Å². The Balaban J connectivity index is 0.00000121. The number of rotatable bonds is 6. The Labute approximate surface area is 101 Å². The fourth-order valence-corrected chi connectivity index (χ4v) is 1.10. The van der Waals surface area contributed by atoms with Gasteiger partial charge >= 0.3 is 0 Å². The molecule has 0 fully saturated rings. The summed E-state index contributed by atoms with van der Waals surface area (Å²) in [7, 11) is 4.39. The molecule has 17 heavy (non-hydrogen) atoms. The number of pyridine rings is 1. The Bertz CT molecular complexity index is 308. The zero-order valence-corrected chi connectivity index (χ0v) is 10.4. The van der Waals surface area contributed by atoms with Gasteiger partial charge in [0, 0.05) is 19.7 Å². The van der Waals surface area contributed by atoms with Crippen molar-refractivity contribution in [3.05, 3.63) is 18.0 Å². The summed E-state index contributed by atoms with van der Waals surface area (Å²) in [6.07, 6.45) is 1.57. The highest BCUT2D eigenvalue weighted by Crippen LogP contribution is 2.21. The predicted octanol–water partition coefficient (Wildman–Crippen LogP) is -0.211. The van der Waals surface area contributed by atoms with Crippen LogP contribution in [0.25, 0.3) is 0 Å². The van der Waals surface area contributed by atoms with Crippen LogP contribution in [0.1, 0.15) is 5.69 Å². The maximum absolute atomic E-state index is 8.96. The Kier molecular flexibility index (Phi) is 9.04. The lowest BCUT2D eigenvalue weighted by molar-refractivity contribution is 0.265. The molecule has 1 rings (SSSR count). The van der Waals surface area contributed by atoms with E-state index in [-0.39, 0.29) is 6.61 Å². The standard InChI is InChI=1S/C10H16N2O3.CH4O/c1-11-3-4-15-8-5-10(14-2)9(7-13)12-6-8;1-2/h5-6,11,13H,3-4,7H2,1-2H3;2H,1H3. The summed E-state index contributed by atoms with van der Waals surface area (Å²) in [6, 6.07) is 1.72. The summed E-state index contributed by atoms with van der Waals surface area (Å²) >= 11 is 0. The first-order valence-corrected chi connectivity index (χ1v) is 5.17. The molecule has 0 spiro atoms. The number of hydrogen-bond acceptors (Lipinski definition) is 6. The summed E-state index contributed by atoms with van der Waals surface area (Å²) < 4.78 is 10.5. The van der Waals surface area contributed by atoms with E-state index in [2.05, 4.69) is 10.3 Å². The van der Waals surface area contributed by atoms with Crippen LogP contribution in [-0.4, -0.2) is 49.6 Å². The number of likely N-dealkylation sites (N-methyl/N-ethyl adjacent to an activating group) is 1. The molecule has 0 aliphatic heterocycles. The van der Waals surface area contributed by atoms with Crippen LogP contribution in [0.4, 0.5) is 0 Å². The Hall–Kier alpha value is -1.37. The van der Waals surface area contributed by atoms with Crippen molar-refractivity contribution in [1.82, 2.24) is 10.3 Å². The Morgan fingerprint density at radius 2 is 2.12 bits per heavy atom. The van der Waals surface area contributed by atoms with Crippen LogP contribution in [-0.2, 0) is 6.61 Å². The van der Waals surface area contributed by atoms with E-state index in [4.69, 9.17) is 19.7 Å². The van der Waals surface area contributed by atoms with Crippen LogP contribution < -0.4 is 14.8 Å². The van der Waals surface area contributed by atoms with Crippen molar-refractivity contribution in [2.75, 3.05) is 34.4 Å². The fraction of sp³-hybridized carbons (Fsp3) is 0.545. The van der Waals surface area contributed by atoms with Gasteiger partial charge in [0.25, 0.3) is 0 Å². The minimum absolute atomic E-state index is 0.139. The molecule has 6 nitrogen and oxygen atoms in total. The highest BCUT2D eigenvalue weighted by atomic mass is 16.5. The lowest BCUT2D eigenvalue weighted by atomic mass is 10.3. The Morgan fingerprint density at radius 1 is 1.41 bits per heavy atom. The van der Waals surface area contributed by atoms with E-state index < -0.39 is 0 Å². The van der Waals surface area contributed by atoms with Crippen molar-refractivity contribution in [2.24, 2.45) is 0 Å². The van der Waals surface area contributed by atoms with Gasteiger partial charge in [-0.2, -0.15) is 0 Å². The topological polar surface area (TPSA) is 83.8 Å². The molecule has 0 saturated carbocycles. The zero-order chi connectivity index (χ0) is 13.1. The molecule has 1 aromatic rings. The molecule has 6 heteroatoms. The van der Waals surface area contributed by atoms with Crippen LogP contribution in [0, 0.1) is 0 Å². The lowest BCUT2D eigenvalue weighted by Crippen LogP contribution is -2.16. The van der Waals surface area contributed by atoms with E-state index in [0.717, 1.165) is 13.7 Å². The molecule has 0 saturated heterocycles. The molecule has 3 N–H and O–H groups in total.